The number of hydrogen-bond donors (Lipinski definition) is 1. The minimum absolute atomic E-state index is 0.0601. The summed E-state index contributed by atoms with van der Waals surface area (Å²) in [6.07, 6.45) is 0. The van der Waals surface area contributed by atoms with Crippen LogP contribution in [0.2, 0.25) is 0 Å². The Morgan fingerprint density at radius 2 is 2.11 bits per heavy atom. The number of carbonyl (C=O) groups excluding carboxylic acids is 3. The van der Waals surface area contributed by atoms with Crippen molar-refractivity contribution in [2.75, 3.05) is 17.3 Å². The molecule has 0 unspecified atom stereocenters. The molecule has 0 aliphatic carbocycles. The van der Waals surface area contributed by atoms with Crippen LogP contribution < -0.4 is 5.32 Å². The molecule has 0 spiro atoms. The molecule has 0 fully saturated rings. The van der Waals surface area contributed by atoms with E-state index in [2.05, 4.69) is 26.2 Å². The summed E-state index contributed by atoms with van der Waals surface area (Å²) in [7, 11) is 0. The van der Waals surface area contributed by atoms with Crippen LogP contribution in [-0.4, -0.2) is 34.6 Å². The Labute approximate surface area is 116 Å². The zero-order chi connectivity index (χ0) is 13.7. The molecule has 1 N–H and O–H groups in total. The number of hydrogen-bond acceptors (Lipinski definition) is 6. The Morgan fingerprint density at radius 1 is 1.44 bits per heavy atom. The first-order valence-corrected chi connectivity index (χ1v) is 6.98. The molecule has 0 aromatic carbocycles. The van der Waals surface area contributed by atoms with Gasteiger partial charge in [-0.3, -0.25) is 9.59 Å². The van der Waals surface area contributed by atoms with Crippen LogP contribution >= 0.6 is 27.3 Å². The maximum Gasteiger partial charge on any atom is 0.358 e. The predicted molar refractivity (Wildman–Crippen MR) is 70.5 cm³/mol. The van der Waals surface area contributed by atoms with Crippen LogP contribution in [0.5, 0.6) is 0 Å². The van der Waals surface area contributed by atoms with Crippen molar-refractivity contribution in [1.29, 1.82) is 0 Å². The molecule has 0 radical (unpaired) electrons. The van der Waals surface area contributed by atoms with E-state index >= 15 is 0 Å². The van der Waals surface area contributed by atoms with Gasteiger partial charge in [0.25, 0.3) is 0 Å². The highest BCUT2D eigenvalue weighted by molar-refractivity contribution is 9.09. The topological polar surface area (TPSA) is 85.4 Å². The number of nitrogens with zero attached hydrogens (tertiary/aromatic N) is 1. The van der Waals surface area contributed by atoms with Crippen molar-refractivity contribution >= 4 is 50.1 Å². The number of thiazole rings is 1. The van der Waals surface area contributed by atoms with Gasteiger partial charge in [0.2, 0.25) is 5.91 Å². The summed E-state index contributed by atoms with van der Waals surface area (Å²) in [4.78, 5) is 38.3. The molecule has 0 bridgehead atoms. The first-order valence-electron chi connectivity index (χ1n) is 5.04. The van der Waals surface area contributed by atoms with Gasteiger partial charge >= 0.3 is 5.97 Å². The summed E-state index contributed by atoms with van der Waals surface area (Å²) < 4.78 is 4.81. The molecular weight excluding hydrogens is 324 g/mol. The quantitative estimate of drug-likeness (QED) is 0.504. The highest BCUT2D eigenvalue weighted by atomic mass is 79.9. The third kappa shape index (κ3) is 3.61. The van der Waals surface area contributed by atoms with Crippen LogP contribution in [0.15, 0.2) is 0 Å². The van der Waals surface area contributed by atoms with E-state index < -0.39 is 5.97 Å². The average Bonchev–Trinajstić information content (AvgIpc) is 2.71. The molecule has 1 rings (SSSR count). The van der Waals surface area contributed by atoms with Crippen LogP contribution in [0.25, 0.3) is 0 Å². The number of nitrogens with one attached hydrogen (secondary N) is 1. The second kappa shape index (κ2) is 6.60. The molecule has 1 aromatic heterocycles. The van der Waals surface area contributed by atoms with E-state index in [4.69, 9.17) is 4.74 Å². The molecule has 8 heteroatoms. The molecule has 6 nitrogen and oxygen atoms in total. The van der Waals surface area contributed by atoms with Crippen LogP contribution in [0.1, 0.15) is 34.0 Å². The van der Waals surface area contributed by atoms with Crippen molar-refractivity contribution in [3.8, 4) is 0 Å². The number of carbonyl (C=O) groups is 3. The fourth-order valence-corrected chi connectivity index (χ4v) is 2.51. The summed E-state index contributed by atoms with van der Waals surface area (Å²) in [5.41, 5.74) is -0.0601. The first-order chi connectivity index (χ1) is 8.49. The lowest BCUT2D eigenvalue weighted by Crippen LogP contribution is -2.11. The molecule has 0 aliphatic rings. The zero-order valence-corrected chi connectivity index (χ0v) is 12.2. The lowest BCUT2D eigenvalue weighted by Gasteiger charge is -1.99. The van der Waals surface area contributed by atoms with E-state index in [1.807, 2.05) is 0 Å². The Kier molecular flexibility index (Phi) is 5.42. The van der Waals surface area contributed by atoms with Crippen LogP contribution in [0, 0.1) is 0 Å². The number of Topliss-reactive ketones (excluding diaryl/α,β-unsaturated/α-hetero) is 1. The van der Waals surface area contributed by atoms with E-state index in [-0.39, 0.29) is 39.3 Å². The molecule has 0 aliphatic heterocycles. The van der Waals surface area contributed by atoms with Gasteiger partial charge < -0.3 is 10.1 Å². The lowest BCUT2D eigenvalue weighted by atomic mass is 10.3. The van der Waals surface area contributed by atoms with Gasteiger partial charge in [0.15, 0.2) is 16.6 Å². The monoisotopic (exact) mass is 334 g/mol. The van der Waals surface area contributed by atoms with E-state index in [0.29, 0.717) is 0 Å². The molecule has 18 heavy (non-hydrogen) atoms. The van der Waals surface area contributed by atoms with E-state index in [1.165, 1.54) is 6.92 Å². The maximum absolute atomic E-state index is 11.6. The second-order valence-electron chi connectivity index (χ2n) is 3.16. The molecule has 98 valence electrons. The SMILES string of the molecule is CCOC(=O)c1nc(NC(C)=O)sc1C(=O)CBr. The smallest absolute Gasteiger partial charge is 0.358 e. The standard InChI is InChI=1S/C10H11BrN2O4S/c1-3-17-9(16)7-8(6(15)4-11)18-10(13-7)12-5(2)14/h3-4H2,1-2H3,(H,12,13,14). The molecule has 0 saturated carbocycles. The molecule has 1 amide bonds. The van der Waals surface area contributed by atoms with Crippen molar-refractivity contribution in [1.82, 2.24) is 4.98 Å². The Balaban J connectivity index is 3.12. The summed E-state index contributed by atoms with van der Waals surface area (Å²) in [5, 5.41) is 2.71. The van der Waals surface area contributed by atoms with Gasteiger partial charge in [-0.2, -0.15) is 0 Å². The van der Waals surface area contributed by atoms with Crippen LogP contribution in [-0.2, 0) is 9.53 Å². The number of ketones is 1. The van der Waals surface area contributed by atoms with Gasteiger partial charge in [-0.1, -0.05) is 27.3 Å². The average molecular weight is 335 g/mol. The summed E-state index contributed by atoms with van der Waals surface area (Å²) in [6.45, 7) is 3.16. The van der Waals surface area contributed by atoms with Crippen molar-refractivity contribution in [2.45, 2.75) is 13.8 Å². The van der Waals surface area contributed by atoms with E-state index in [1.54, 1.807) is 6.92 Å². The summed E-state index contributed by atoms with van der Waals surface area (Å²) in [6, 6.07) is 0. The fraction of sp³-hybridized carbons (Fsp3) is 0.400. The first kappa shape index (κ1) is 14.8. The number of esters is 1. The summed E-state index contributed by atoms with van der Waals surface area (Å²) in [5.74, 6) is -1.28. The van der Waals surface area contributed by atoms with Gasteiger partial charge in [-0.05, 0) is 6.92 Å². The third-order valence-electron chi connectivity index (χ3n) is 1.75. The third-order valence-corrected chi connectivity index (χ3v) is 3.27. The number of amides is 1. The van der Waals surface area contributed by atoms with Gasteiger partial charge in [-0.15, -0.1) is 0 Å². The van der Waals surface area contributed by atoms with Crippen molar-refractivity contribution in [3.05, 3.63) is 10.6 Å². The van der Waals surface area contributed by atoms with E-state index in [9.17, 15) is 14.4 Å². The number of rotatable bonds is 5. The molecular formula is C10H11BrN2O4S. The predicted octanol–water partition coefficient (Wildman–Crippen LogP) is 1.86. The second-order valence-corrected chi connectivity index (χ2v) is 4.72. The Morgan fingerprint density at radius 3 is 2.61 bits per heavy atom. The number of alkyl halides is 1. The molecule has 0 saturated heterocycles. The molecule has 1 aromatic rings. The number of ether oxygens (including phenoxy) is 1. The highest BCUT2D eigenvalue weighted by Crippen LogP contribution is 2.25. The Hall–Kier alpha value is -1.28. The molecule has 0 atom stereocenters. The fourth-order valence-electron chi connectivity index (χ4n) is 1.11. The number of anilines is 1. The maximum atomic E-state index is 11.6. The zero-order valence-electron chi connectivity index (χ0n) is 9.78. The highest BCUT2D eigenvalue weighted by Gasteiger charge is 2.24. The van der Waals surface area contributed by atoms with Crippen LogP contribution in [0.3, 0.4) is 0 Å². The van der Waals surface area contributed by atoms with Gasteiger partial charge in [0, 0.05) is 6.92 Å². The van der Waals surface area contributed by atoms with Gasteiger partial charge in [0.05, 0.1) is 11.9 Å². The van der Waals surface area contributed by atoms with Gasteiger partial charge in [-0.25, -0.2) is 9.78 Å². The number of aromatic nitrogens is 1. The van der Waals surface area contributed by atoms with Gasteiger partial charge in [0.1, 0.15) is 4.88 Å². The minimum Gasteiger partial charge on any atom is -0.461 e. The lowest BCUT2D eigenvalue weighted by molar-refractivity contribution is -0.114. The minimum atomic E-state index is -0.672. The van der Waals surface area contributed by atoms with Crippen molar-refractivity contribution in [2.24, 2.45) is 0 Å². The van der Waals surface area contributed by atoms with E-state index in [0.717, 1.165) is 11.3 Å². The van der Waals surface area contributed by atoms with Crippen molar-refractivity contribution < 1.29 is 19.1 Å². The van der Waals surface area contributed by atoms with Crippen molar-refractivity contribution in [3.63, 3.8) is 0 Å². The van der Waals surface area contributed by atoms with Crippen LogP contribution in [0.4, 0.5) is 5.13 Å². The normalized spacial score (nSPS) is 9.94. The Bertz CT molecular complexity index is 486. The largest absolute Gasteiger partial charge is 0.461 e. The molecule has 1 heterocycles. The number of halogens is 1. The summed E-state index contributed by atoms with van der Waals surface area (Å²) >= 11 is 3.98.